The Morgan fingerprint density at radius 3 is 2.40 bits per heavy atom. The molecule has 0 heterocycles. The quantitative estimate of drug-likeness (QED) is 0.917. The molecule has 110 valence electrons. The Kier molecular flexibility index (Phi) is 5.18. The molecule has 0 bridgehead atoms. The van der Waals surface area contributed by atoms with Crippen molar-refractivity contribution >= 4 is 5.91 Å². The van der Waals surface area contributed by atoms with Gasteiger partial charge in [0, 0.05) is 7.05 Å². The first kappa shape index (κ1) is 15.0. The lowest BCUT2D eigenvalue weighted by Gasteiger charge is -2.35. The van der Waals surface area contributed by atoms with Crippen molar-refractivity contribution in [2.45, 2.75) is 57.6 Å². The molecule has 2 rings (SSSR count). The lowest BCUT2D eigenvalue weighted by molar-refractivity contribution is -0.134. The predicted molar refractivity (Wildman–Crippen MR) is 80.6 cm³/mol. The maximum Gasteiger partial charge on any atom is 0.227 e. The average Bonchev–Trinajstić information content (AvgIpc) is 2.48. The van der Waals surface area contributed by atoms with Crippen LogP contribution in [0.5, 0.6) is 0 Å². The Bertz CT molecular complexity index is 441. The van der Waals surface area contributed by atoms with Crippen LogP contribution >= 0.6 is 0 Å². The molecule has 1 aromatic carbocycles. The van der Waals surface area contributed by atoms with Crippen LogP contribution in [-0.2, 0) is 17.6 Å². The predicted octanol–water partition coefficient (Wildman–Crippen LogP) is 2.55. The molecule has 20 heavy (non-hydrogen) atoms. The number of likely N-dealkylation sites (N-methyl/N-ethyl adjacent to an activating group) is 1. The van der Waals surface area contributed by atoms with Crippen LogP contribution in [0.4, 0.5) is 0 Å². The molecule has 1 aromatic rings. The molecule has 0 unspecified atom stereocenters. The number of aliphatic hydroxyl groups excluding tert-OH is 1. The minimum Gasteiger partial charge on any atom is -0.391 e. The van der Waals surface area contributed by atoms with Gasteiger partial charge in [0.2, 0.25) is 5.91 Å². The van der Waals surface area contributed by atoms with Gasteiger partial charge in [-0.15, -0.1) is 0 Å². The molecule has 2 atom stereocenters. The number of amides is 1. The molecule has 0 aromatic heterocycles. The normalized spacial score (nSPS) is 22.6. The topological polar surface area (TPSA) is 40.5 Å². The number of nitrogens with zero attached hydrogens (tertiary/aromatic N) is 1. The van der Waals surface area contributed by atoms with Crippen molar-refractivity contribution in [1.82, 2.24) is 4.90 Å². The number of hydrogen-bond donors (Lipinski definition) is 1. The van der Waals surface area contributed by atoms with Gasteiger partial charge in [0.1, 0.15) is 0 Å². The molecule has 1 N–H and O–H groups in total. The van der Waals surface area contributed by atoms with Crippen LogP contribution in [-0.4, -0.2) is 35.1 Å². The smallest absolute Gasteiger partial charge is 0.227 e. The summed E-state index contributed by atoms with van der Waals surface area (Å²) < 4.78 is 0. The monoisotopic (exact) mass is 275 g/mol. The van der Waals surface area contributed by atoms with Crippen LogP contribution in [0.1, 0.15) is 43.7 Å². The number of aliphatic hydroxyl groups is 1. The van der Waals surface area contributed by atoms with Crippen LogP contribution in [0.2, 0.25) is 0 Å². The van der Waals surface area contributed by atoms with Crippen molar-refractivity contribution in [3.63, 3.8) is 0 Å². The largest absolute Gasteiger partial charge is 0.391 e. The van der Waals surface area contributed by atoms with Crippen LogP contribution in [0.25, 0.3) is 0 Å². The van der Waals surface area contributed by atoms with Gasteiger partial charge >= 0.3 is 0 Å². The van der Waals surface area contributed by atoms with Crippen LogP contribution < -0.4 is 0 Å². The fraction of sp³-hybridized carbons (Fsp3) is 0.588. The second kappa shape index (κ2) is 6.89. The van der Waals surface area contributed by atoms with E-state index >= 15 is 0 Å². The molecule has 1 aliphatic carbocycles. The Morgan fingerprint density at radius 2 is 1.80 bits per heavy atom. The number of aryl methyl sites for hydroxylation is 1. The standard InChI is InChI=1S/C17H25NO2/c1-3-13-8-10-14(11-9-13)12-17(20)18(2)15-6-4-5-7-16(15)19/h8-11,15-16,19H,3-7,12H2,1-2H3/t15-,16-/m0/s1. The van der Waals surface area contributed by atoms with Crippen LogP contribution in [0.3, 0.4) is 0 Å². The van der Waals surface area contributed by atoms with E-state index in [9.17, 15) is 9.90 Å². The van der Waals surface area contributed by atoms with E-state index < -0.39 is 0 Å². The molecule has 1 aliphatic rings. The zero-order chi connectivity index (χ0) is 14.5. The fourth-order valence-electron chi connectivity index (χ4n) is 2.92. The van der Waals surface area contributed by atoms with E-state index in [-0.39, 0.29) is 18.1 Å². The van der Waals surface area contributed by atoms with Crippen LogP contribution in [0, 0.1) is 0 Å². The number of carbonyl (C=O) groups excluding carboxylic acids is 1. The zero-order valence-corrected chi connectivity index (χ0v) is 12.5. The van der Waals surface area contributed by atoms with Gasteiger partial charge in [0.15, 0.2) is 0 Å². The van der Waals surface area contributed by atoms with E-state index in [1.807, 2.05) is 19.2 Å². The third kappa shape index (κ3) is 3.60. The summed E-state index contributed by atoms with van der Waals surface area (Å²) in [6, 6.07) is 8.21. The molecule has 0 aliphatic heterocycles. The molecule has 3 heteroatoms. The van der Waals surface area contributed by atoms with E-state index in [2.05, 4.69) is 19.1 Å². The first-order chi connectivity index (χ1) is 9.61. The molecular weight excluding hydrogens is 250 g/mol. The minimum atomic E-state index is -0.361. The Hall–Kier alpha value is -1.35. The van der Waals surface area contributed by atoms with Crippen molar-refractivity contribution < 1.29 is 9.90 Å². The third-order valence-corrected chi connectivity index (χ3v) is 4.37. The van der Waals surface area contributed by atoms with Crippen molar-refractivity contribution in [2.75, 3.05) is 7.05 Å². The maximum absolute atomic E-state index is 12.3. The van der Waals surface area contributed by atoms with E-state index in [0.717, 1.165) is 37.7 Å². The molecule has 3 nitrogen and oxygen atoms in total. The maximum atomic E-state index is 12.3. The number of carbonyl (C=O) groups is 1. The highest BCUT2D eigenvalue weighted by atomic mass is 16.3. The molecule has 1 fully saturated rings. The lowest BCUT2D eigenvalue weighted by Crippen LogP contribution is -2.46. The highest BCUT2D eigenvalue weighted by molar-refractivity contribution is 5.78. The molecule has 1 saturated carbocycles. The Morgan fingerprint density at radius 1 is 1.20 bits per heavy atom. The first-order valence-electron chi connectivity index (χ1n) is 7.63. The van der Waals surface area contributed by atoms with Gasteiger partial charge in [-0.05, 0) is 30.4 Å². The van der Waals surface area contributed by atoms with E-state index in [1.54, 1.807) is 4.90 Å². The fourth-order valence-corrected chi connectivity index (χ4v) is 2.92. The van der Waals surface area contributed by atoms with Gasteiger partial charge in [-0.2, -0.15) is 0 Å². The van der Waals surface area contributed by atoms with Crippen LogP contribution in [0.15, 0.2) is 24.3 Å². The lowest BCUT2D eigenvalue weighted by atomic mass is 9.91. The Labute approximate surface area is 121 Å². The summed E-state index contributed by atoms with van der Waals surface area (Å²) in [6.07, 6.45) is 4.97. The summed E-state index contributed by atoms with van der Waals surface area (Å²) in [7, 11) is 1.82. The zero-order valence-electron chi connectivity index (χ0n) is 12.5. The van der Waals surface area contributed by atoms with Crippen molar-refractivity contribution in [3.8, 4) is 0 Å². The molecular formula is C17H25NO2. The van der Waals surface area contributed by atoms with Crippen molar-refractivity contribution in [3.05, 3.63) is 35.4 Å². The van der Waals surface area contributed by atoms with Gasteiger partial charge in [-0.3, -0.25) is 4.79 Å². The van der Waals surface area contributed by atoms with Gasteiger partial charge in [0.25, 0.3) is 0 Å². The van der Waals surface area contributed by atoms with Gasteiger partial charge in [-0.1, -0.05) is 44.0 Å². The summed E-state index contributed by atoms with van der Waals surface area (Å²) in [5.41, 5.74) is 2.33. The summed E-state index contributed by atoms with van der Waals surface area (Å²) >= 11 is 0. The van der Waals surface area contributed by atoms with Gasteiger partial charge < -0.3 is 10.0 Å². The van der Waals surface area contributed by atoms with E-state index in [4.69, 9.17) is 0 Å². The SMILES string of the molecule is CCc1ccc(CC(=O)N(C)[C@H]2CCCC[C@@H]2O)cc1. The van der Waals surface area contributed by atoms with Crippen molar-refractivity contribution in [1.29, 1.82) is 0 Å². The number of hydrogen-bond acceptors (Lipinski definition) is 2. The Balaban J connectivity index is 1.95. The molecule has 0 radical (unpaired) electrons. The summed E-state index contributed by atoms with van der Waals surface area (Å²) in [5, 5.41) is 10.0. The third-order valence-electron chi connectivity index (χ3n) is 4.37. The summed E-state index contributed by atoms with van der Waals surface area (Å²) in [5.74, 6) is 0.0974. The second-order valence-electron chi connectivity index (χ2n) is 5.77. The minimum absolute atomic E-state index is 0.00818. The van der Waals surface area contributed by atoms with Crippen molar-refractivity contribution in [2.24, 2.45) is 0 Å². The molecule has 0 saturated heterocycles. The molecule has 0 spiro atoms. The van der Waals surface area contributed by atoms with E-state index in [0.29, 0.717) is 6.42 Å². The highest BCUT2D eigenvalue weighted by Gasteiger charge is 2.29. The average molecular weight is 275 g/mol. The van der Waals surface area contributed by atoms with E-state index in [1.165, 1.54) is 5.56 Å². The number of rotatable bonds is 4. The summed E-state index contributed by atoms with van der Waals surface area (Å²) in [4.78, 5) is 14.1. The second-order valence-corrected chi connectivity index (χ2v) is 5.77. The summed E-state index contributed by atoms with van der Waals surface area (Å²) in [6.45, 7) is 2.12. The molecule has 1 amide bonds. The highest BCUT2D eigenvalue weighted by Crippen LogP contribution is 2.23. The first-order valence-corrected chi connectivity index (χ1v) is 7.63. The van der Waals surface area contributed by atoms with Gasteiger partial charge in [-0.25, -0.2) is 0 Å². The number of benzene rings is 1. The van der Waals surface area contributed by atoms with Gasteiger partial charge in [0.05, 0.1) is 18.6 Å².